The minimum atomic E-state index is -0.202. The first-order valence-electron chi connectivity index (χ1n) is 9.79. The molecule has 11 heteroatoms. The van der Waals surface area contributed by atoms with E-state index in [1.807, 2.05) is 42.2 Å². The van der Waals surface area contributed by atoms with Gasteiger partial charge in [-0.1, -0.05) is 12.1 Å². The molecule has 1 aromatic carbocycles. The summed E-state index contributed by atoms with van der Waals surface area (Å²) in [6.07, 6.45) is 7.27. The van der Waals surface area contributed by atoms with Crippen LogP contribution in [0.25, 0.3) is 45.1 Å². The van der Waals surface area contributed by atoms with Gasteiger partial charge >= 0.3 is 5.69 Å². The Morgan fingerprint density at radius 1 is 1.09 bits per heavy atom. The molecule has 0 saturated heterocycles. The largest absolute Gasteiger partial charge is 0.343 e. The maximum Gasteiger partial charge on any atom is 0.343 e. The third-order valence-corrected chi connectivity index (χ3v) is 5.50. The number of hydrogen-bond donors (Lipinski definition) is 2. The lowest BCUT2D eigenvalue weighted by Crippen LogP contribution is -2.16. The lowest BCUT2D eigenvalue weighted by Gasteiger charge is -2.05. The van der Waals surface area contributed by atoms with Crippen molar-refractivity contribution in [1.29, 1.82) is 0 Å². The average molecular weight is 471 g/mol. The van der Waals surface area contributed by atoms with Crippen molar-refractivity contribution in [3.63, 3.8) is 0 Å². The quantitative estimate of drug-likeness (QED) is 0.415. The van der Waals surface area contributed by atoms with Crippen LogP contribution in [0.3, 0.4) is 0 Å². The average Bonchev–Trinajstić information content (AvgIpc) is 3.22. The number of nitrogens with one attached hydrogen (secondary N) is 2. The Morgan fingerprint density at radius 3 is 2.69 bits per heavy atom. The molecule has 1 aliphatic rings. The maximum absolute atomic E-state index is 12.4. The summed E-state index contributed by atoms with van der Waals surface area (Å²) in [5.41, 5.74) is 4.06. The molecule has 0 bridgehead atoms. The number of aromatic nitrogens is 8. The molecule has 0 radical (unpaired) electrons. The molecule has 0 atom stereocenters. The van der Waals surface area contributed by atoms with E-state index in [4.69, 9.17) is 4.98 Å². The number of pyridine rings is 1. The van der Waals surface area contributed by atoms with Crippen LogP contribution in [-0.4, -0.2) is 39.5 Å². The normalized spacial score (nSPS) is 13.0. The van der Waals surface area contributed by atoms with Gasteiger partial charge in [0, 0.05) is 42.0 Å². The van der Waals surface area contributed by atoms with E-state index < -0.39 is 0 Å². The Morgan fingerprint density at radius 2 is 1.94 bits per heavy atom. The number of aromatic amines is 2. The zero-order valence-corrected chi connectivity index (χ0v) is 18.7. The Hall–Kier alpha value is -3.43. The van der Waals surface area contributed by atoms with Gasteiger partial charge in [0.05, 0.1) is 17.4 Å². The Bertz CT molecular complexity index is 1450. The van der Waals surface area contributed by atoms with E-state index >= 15 is 0 Å². The molecule has 0 spiro atoms. The fraction of sp³-hybridized carbons (Fsp3) is 0.190. The zero-order valence-electron chi connectivity index (χ0n) is 17.0. The number of nitrogens with zero attached hydrogens (tertiary/aromatic N) is 6. The summed E-state index contributed by atoms with van der Waals surface area (Å²) in [5.74, 6) is 1.23. The number of halogens is 2. The highest BCUT2D eigenvalue weighted by molar-refractivity contribution is 5.87. The van der Waals surface area contributed by atoms with E-state index in [0.29, 0.717) is 17.3 Å². The van der Waals surface area contributed by atoms with Gasteiger partial charge in [-0.15, -0.1) is 24.8 Å². The van der Waals surface area contributed by atoms with Crippen molar-refractivity contribution in [2.75, 3.05) is 0 Å². The number of imidazole rings is 1. The minimum absolute atomic E-state index is 0. The van der Waals surface area contributed by atoms with Gasteiger partial charge in [-0.3, -0.25) is 14.2 Å². The molecule has 0 amide bonds. The van der Waals surface area contributed by atoms with Crippen LogP contribution in [0.2, 0.25) is 0 Å². The van der Waals surface area contributed by atoms with Crippen molar-refractivity contribution in [3.05, 3.63) is 59.4 Å². The highest BCUT2D eigenvalue weighted by atomic mass is 35.5. The molecule has 1 saturated carbocycles. The smallest absolute Gasteiger partial charge is 0.337 e. The number of fused-ring (bicyclic) bond motifs is 1. The highest BCUT2D eigenvalue weighted by Crippen LogP contribution is 2.39. The third-order valence-electron chi connectivity index (χ3n) is 5.50. The number of rotatable bonds is 4. The lowest BCUT2D eigenvalue weighted by molar-refractivity contribution is 0.715. The van der Waals surface area contributed by atoms with Gasteiger partial charge < -0.3 is 4.98 Å². The summed E-state index contributed by atoms with van der Waals surface area (Å²) in [6, 6.07) is 10.1. The summed E-state index contributed by atoms with van der Waals surface area (Å²) in [7, 11) is 1.92. The number of benzene rings is 1. The molecule has 2 N–H and O–H groups in total. The van der Waals surface area contributed by atoms with Gasteiger partial charge in [0.15, 0.2) is 5.82 Å². The van der Waals surface area contributed by atoms with E-state index in [-0.39, 0.29) is 36.5 Å². The number of aryl methyl sites for hydroxylation is 1. The predicted molar refractivity (Wildman–Crippen MR) is 126 cm³/mol. The van der Waals surface area contributed by atoms with Crippen LogP contribution in [-0.2, 0) is 7.05 Å². The van der Waals surface area contributed by atoms with Gasteiger partial charge in [0.2, 0.25) is 0 Å². The second kappa shape index (κ2) is 8.25. The maximum atomic E-state index is 12.4. The van der Waals surface area contributed by atoms with E-state index in [1.54, 1.807) is 17.0 Å². The molecule has 1 fully saturated rings. The molecule has 9 nitrogen and oxygen atoms in total. The molecular weight excluding hydrogens is 451 g/mol. The second-order valence-corrected chi connectivity index (χ2v) is 7.55. The predicted octanol–water partition coefficient (Wildman–Crippen LogP) is 3.76. The van der Waals surface area contributed by atoms with E-state index in [2.05, 4.69) is 31.3 Å². The molecule has 5 aromatic rings. The Balaban J connectivity index is 0.00000122. The van der Waals surface area contributed by atoms with Crippen LogP contribution in [0.4, 0.5) is 0 Å². The van der Waals surface area contributed by atoms with Crippen molar-refractivity contribution in [3.8, 4) is 34.2 Å². The summed E-state index contributed by atoms with van der Waals surface area (Å²) < 4.78 is 3.56. The van der Waals surface area contributed by atoms with Crippen LogP contribution in [0, 0.1) is 0 Å². The highest BCUT2D eigenvalue weighted by Gasteiger charge is 2.31. The Labute approximate surface area is 194 Å². The minimum Gasteiger partial charge on any atom is -0.337 e. The molecule has 0 aliphatic heterocycles. The van der Waals surface area contributed by atoms with Gasteiger partial charge in [-0.2, -0.15) is 10.2 Å². The van der Waals surface area contributed by atoms with Crippen molar-refractivity contribution in [2.24, 2.45) is 7.05 Å². The monoisotopic (exact) mass is 470 g/mol. The van der Waals surface area contributed by atoms with Crippen molar-refractivity contribution in [1.82, 2.24) is 39.5 Å². The molecule has 4 aromatic heterocycles. The summed E-state index contributed by atoms with van der Waals surface area (Å²) in [5, 5.41) is 12.3. The Kier molecular flexibility index (Phi) is 5.62. The van der Waals surface area contributed by atoms with Crippen LogP contribution in [0.5, 0.6) is 0 Å². The first-order valence-corrected chi connectivity index (χ1v) is 9.79. The molecule has 164 valence electrons. The van der Waals surface area contributed by atoms with Crippen molar-refractivity contribution < 1.29 is 0 Å². The second-order valence-electron chi connectivity index (χ2n) is 7.55. The van der Waals surface area contributed by atoms with E-state index in [0.717, 1.165) is 40.6 Å². The molecule has 0 unspecified atom stereocenters. The SMILES string of the molecule is Cl.Cl.Cn1ncc2ccc(-c3[nH]c(-c4cccnc4)nc3-c3n[nH]c(=O)n3C3CC3)cc21. The molecule has 32 heavy (non-hydrogen) atoms. The van der Waals surface area contributed by atoms with Crippen LogP contribution < -0.4 is 5.69 Å². The summed E-state index contributed by atoms with van der Waals surface area (Å²) in [6.45, 7) is 0. The summed E-state index contributed by atoms with van der Waals surface area (Å²) in [4.78, 5) is 24.9. The van der Waals surface area contributed by atoms with Gasteiger partial charge in [-0.05, 0) is 31.0 Å². The van der Waals surface area contributed by atoms with Gasteiger partial charge in [-0.25, -0.2) is 14.9 Å². The van der Waals surface area contributed by atoms with Crippen molar-refractivity contribution in [2.45, 2.75) is 18.9 Å². The topological polar surface area (TPSA) is 110 Å². The standard InChI is InChI=1S/C21H18N8O.2ClH/c1-28-16-9-12(4-5-13(16)11-23-28)17-18(20-26-27-21(30)29(20)15-6-7-15)25-19(24-17)14-3-2-8-22-10-14;;/h2-5,8-11,15H,6-7H2,1H3,(H,24,25)(H,27,30);2*1H. The van der Waals surface area contributed by atoms with E-state index in [1.165, 1.54) is 0 Å². The number of H-pyrrole nitrogens is 2. The van der Waals surface area contributed by atoms with Crippen molar-refractivity contribution >= 4 is 35.7 Å². The third kappa shape index (κ3) is 3.49. The molecular formula is C21H20Cl2N8O. The molecule has 4 heterocycles. The lowest BCUT2D eigenvalue weighted by atomic mass is 10.1. The first kappa shape index (κ1) is 21.8. The molecule has 1 aliphatic carbocycles. The van der Waals surface area contributed by atoms with Gasteiger partial charge in [0.25, 0.3) is 0 Å². The fourth-order valence-corrected chi connectivity index (χ4v) is 3.83. The van der Waals surface area contributed by atoms with Gasteiger partial charge in [0.1, 0.15) is 11.5 Å². The fourth-order valence-electron chi connectivity index (χ4n) is 3.83. The van der Waals surface area contributed by atoms with Crippen LogP contribution in [0.15, 0.2) is 53.7 Å². The summed E-state index contributed by atoms with van der Waals surface area (Å²) >= 11 is 0. The first-order chi connectivity index (χ1) is 14.7. The van der Waals surface area contributed by atoms with Crippen LogP contribution >= 0.6 is 24.8 Å². The van der Waals surface area contributed by atoms with Crippen LogP contribution in [0.1, 0.15) is 18.9 Å². The van der Waals surface area contributed by atoms with E-state index in [9.17, 15) is 4.79 Å². The number of hydrogen-bond acceptors (Lipinski definition) is 5. The molecule has 6 rings (SSSR count). The zero-order chi connectivity index (χ0) is 20.2.